The molecule has 0 saturated carbocycles. The maximum Gasteiger partial charge on any atom is -0.109 e. The molecule has 0 radical (unpaired) electrons. The summed E-state index contributed by atoms with van der Waals surface area (Å²) in [6, 6.07) is 15.1. The zero-order valence-electron chi connectivity index (χ0n) is 18.9. The second-order valence-corrected chi connectivity index (χ2v) is 10.7. The molecule has 0 aromatic heterocycles. The van der Waals surface area contributed by atoms with Crippen molar-refractivity contribution in [2.45, 2.75) is 66.2 Å². The van der Waals surface area contributed by atoms with Crippen LogP contribution >= 0.6 is 0 Å². The molecule has 2 aromatic carbocycles. The van der Waals surface area contributed by atoms with Crippen LogP contribution in [0.25, 0.3) is 11.1 Å². The summed E-state index contributed by atoms with van der Waals surface area (Å²) in [4.78, 5) is 0. The van der Waals surface area contributed by atoms with Crippen molar-refractivity contribution < 1.29 is 49.0 Å². The average Bonchev–Trinajstić information content (AvgIpc) is 3.31. The molecule has 0 atom stereocenters. The number of hydrogen-bond acceptors (Lipinski definition) is 0. The molecule has 0 spiro atoms. The third-order valence-electron chi connectivity index (χ3n) is 4.71. The van der Waals surface area contributed by atoms with E-state index in [9.17, 15) is 0 Å². The maximum absolute atomic E-state index is 3.62. The maximum atomic E-state index is 3.62. The van der Waals surface area contributed by atoms with E-state index in [1.807, 2.05) is 12.2 Å². The number of hydrogen-bond donors (Lipinski definition) is 0. The molecule has 2 aliphatic rings. The third kappa shape index (κ3) is 8.78. The summed E-state index contributed by atoms with van der Waals surface area (Å²) in [7, 11) is 0. The fraction of sp³-hybridized carbons (Fsp3) is 0.370. The second-order valence-electron chi connectivity index (χ2n) is 8.21. The number of rotatable bonds is 2. The van der Waals surface area contributed by atoms with Gasteiger partial charge >= 0.3 is 41.3 Å². The predicted molar refractivity (Wildman–Crippen MR) is 120 cm³/mol. The fourth-order valence-corrected chi connectivity index (χ4v) is 3.20. The van der Waals surface area contributed by atoms with Crippen LogP contribution in [0.3, 0.4) is 0 Å². The number of benzene rings is 2. The minimum Gasteiger partial charge on any atom is -1.00 e. The minimum atomic E-state index is 0. The topological polar surface area (TPSA) is 0 Å². The van der Waals surface area contributed by atoms with E-state index in [1.54, 1.807) is 24.2 Å². The van der Waals surface area contributed by atoms with Crippen molar-refractivity contribution in [3.05, 3.63) is 83.0 Å². The van der Waals surface area contributed by atoms with Crippen molar-refractivity contribution in [2.75, 3.05) is 0 Å². The molecular formula is C27H32Cl2Zr-2. The Kier molecular flexibility index (Phi) is 14.0. The van der Waals surface area contributed by atoms with Crippen LogP contribution in [0.5, 0.6) is 0 Å². The van der Waals surface area contributed by atoms with Gasteiger partial charge < -0.3 is 24.8 Å². The van der Waals surface area contributed by atoms with Gasteiger partial charge in [-0.15, -0.1) is 17.5 Å². The predicted octanol–water partition coefficient (Wildman–Crippen LogP) is 1.36. The van der Waals surface area contributed by atoms with Crippen molar-refractivity contribution in [1.29, 1.82) is 0 Å². The Morgan fingerprint density at radius 3 is 2.03 bits per heavy atom. The zero-order valence-corrected chi connectivity index (χ0v) is 22.9. The molecule has 30 heavy (non-hydrogen) atoms. The molecule has 0 aliphatic heterocycles. The van der Waals surface area contributed by atoms with Crippen LogP contribution in [-0.4, -0.2) is 3.21 Å². The molecule has 0 bridgehead atoms. The summed E-state index contributed by atoms with van der Waals surface area (Å²) in [5, 5.41) is 0. The monoisotopic (exact) mass is 516 g/mol. The molecule has 3 heteroatoms. The molecule has 2 aromatic rings. The molecule has 2 aliphatic carbocycles. The summed E-state index contributed by atoms with van der Waals surface area (Å²) in [5.41, 5.74) is 8.41. The van der Waals surface area contributed by atoms with Gasteiger partial charge in [0.05, 0.1) is 0 Å². The van der Waals surface area contributed by atoms with Gasteiger partial charge in [0, 0.05) is 0 Å². The minimum absolute atomic E-state index is 0. The smallest absolute Gasteiger partial charge is 0.109 e. The Morgan fingerprint density at radius 1 is 0.933 bits per heavy atom. The van der Waals surface area contributed by atoms with E-state index >= 15 is 0 Å². The van der Waals surface area contributed by atoms with Crippen LogP contribution in [-0.2, 0) is 30.7 Å². The van der Waals surface area contributed by atoms with Gasteiger partial charge in [-0.25, -0.2) is 12.2 Å². The number of halogens is 2. The number of allylic oxidation sites excluding steroid dienone is 4. The Labute approximate surface area is 211 Å². The fourth-order valence-electron chi connectivity index (χ4n) is 3.20. The quantitative estimate of drug-likeness (QED) is 0.450. The van der Waals surface area contributed by atoms with E-state index in [-0.39, 0.29) is 24.8 Å². The molecule has 0 nitrogen and oxygen atoms in total. The first kappa shape index (κ1) is 29.3. The average molecular weight is 519 g/mol. The standard InChI is InChI=1S/C19H21.C5H5.C3H6.2ClH.Zr/c1-12(2)14-5-7-18-16(9-14)11-17-10-15(13(3)4)6-8-19(17)18;1-2-4-5-3-1;1-3-2;;;/h5-9,12-13H,11H2,1-4H3;1-3H,4H2;1-2H3;2*1H;/q2*-1;;;;+2/p-2. The molecular weight excluding hydrogens is 486 g/mol. The van der Waals surface area contributed by atoms with Crippen molar-refractivity contribution in [2.24, 2.45) is 0 Å². The molecule has 0 heterocycles. The van der Waals surface area contributed by atoms with Gasteiger partial charge in [0.1, 0.15) is 0 Å². The van der Waals surface area contributed by atoms with Crippen LogP contribution in [0.1, 0.15) is 82.1 Å². The number of fused-ring (bicyclic) bond motifs is 3. The summed E-state index contributed by atoms with van der Waals surface area (Å²) in [6.07, 6.45) is 11.0. The van der Waals surface area contributed by atoms with Crippen LogP contribution in [0.15, 0.2) is 48.6 Å². The van der Waals surface area contributed by atoms with Gasteiger partial charge in [0.2, 0.25) is 0 Å². The summed E-state index contributed by atoms with van der Waals surface area (Å²) in [6.45, 7) is 13.2. The first-order chi connectivity index (χ1) is 13.3. The third-order valence-corrected chi connectivity index (χ3v) is 4.71. The van der Waals surface area contributed by atoms with Gasteiger partial charge in [-0.1, -0.05) is 51.5 Å². The van der Waals surface area contributed by atoms with Gasteiger partial charge in [-0.3, -0.25) is 6.08 Å². The van der Waals surface area contributed by atoms with E-state index in [4.69, 9.17) is 0 Å². The van der Waals surface area contributed by atoms with E-state index in [1.165, 1.54) is 36.6 Å². The Morgan fingerprint density at radius 2 is 1.57 bits per heavy atom. The van der Waals surface area contributed by atoms with Crippen LogP contribution in [0.2, 0.25) is 0 Å². The zero-order chi connectivity index (χ0) is 20.7. The van der Waals surface area contributed by atoms with E-state index in [0.29, 0.717) is 11.8 Å². The molecule has 0 saturated heterocycles. The van der Waals surface area contributed by atoms with Gasteiger partial charge in [0.25, 0.3) is 0 Å². The molecule has 0 amide bonds. The molecule has 160 valence electrons. The van der Waals surface area contributed by atoms with Crippen molar-refractivity contribution in [3.8, 4) is 11.1 Å². The summed E-state index contributed by atoms with van der Waals surface area (Å²) < 4.78 is 1.51. The normalized spacial score (nSPS) is 12.1. The van der Waals surface area contributed by atoms with Crippen LogP contribution < -0.4 is 24.8 Å². The van der Waals surface area contributed by atoms with Crippen LogP contribution in [0, 0.1) is 12.1 Å². The first-order valence-corrected chi connectivity index (χ1v) is 11.4. The van der Waals surface area contributed by atoms with Gasteiger partial charge in [0.15, 0.2) is 0 Å². The van der Waals surface area contributed by atoms with Crippen molar-refractivity contribution in [1.82, 2.24) is 0 Å². The Bertz CT molecular complexity index is 807. The molecule has 0 unspecified atom stereocenters. The summed E-state index contributed by atoms with van der Waals surface area (Å²) >= 11 is 1.55. The molecule has 4 rings (SSSR count). The first-order valence-electron chi connectivity index (χ1n) is 10.2. The van der Waals surface area contributed by atoms with E-state index in [0.717, 1.165) is 12.8 Å². The van der Waals surface area contributed by atoms with Crippen molar-refractivity contribution in [3.63, 3.8) is 0 Å². The Balaban J connectivity index is 0.000000645. The van der Waals surface area contributed by atoms with Crippen LogP contribution in [0.4, 0.5) is 0 Å². The SMILES string of the molecule is CC(C)c1[c-]c2c(cc1)-c1ccc(C(C)C)cc1C2.C[C](C)=[Zr+2].[C-]1=CC=CC1.[Cl-].[Cl-]. The molecule has 0 fully saturated rings. The second kappa shape index (κ2) is 14.3. The summed E-state index contributed by atoms with van der Waals surface area (Å²) in [5.74, 6) is 1.16. The van der Waals surface area contributed by atoms with E-state index < -0.39 is 0 Å². The Hall–Kier alpha value is -0.747. The van der Waals surface area contributed by atoms with Crippen molar-refractivity contribution >= 4 is 3.21 Å². The molecule has 0 N–H and O–H groups in total. The van der Waals surface area contributed by atoms with Gasteiger partial charge in [-0.05, 0) is 29.4 Å². The van der Waals surface area contributed by atoms with E-state index in [2.05, 4.69) is 90.1 Å². The van der Waals surface area contributed by atoms with Gasteiger partial charge in [-0.2, -0.15) is 29.8 Å². The largest absolute Gasteiger partial charge is 1.00 e.